The van der Waals surface area contributed by atoms with Gasteiger partial charge in [-0.05, 0) is 25.8 Å². The van der Waals surface area contributed by atoms with E-state index in [1.807, 2.05) is 16.7 Å². The van der Waals surface area contributed by atoms with Crippen LogP contribution in [0.5, 0.6) is 0 Å². The summed E-state index contributed by atoms with van der Waals surface area (Å²) < 4.78 is 0. The van der Waals surface area contributed by atoms with Crippen molar-refractivity contribution in [3.63, 3.8) is 0 Å². The number of carbonyl (C=O) groups excluding carboxylic acids is 2. The number of hydrogen-bond acceptors (Lipinski definition) is 5. The van der Waals surface area contributed by atoms with E-state index in [0.717, 1.165) is 25.7 Å². The molecule has 2 aliphatic rings. The molecule has 2 heterocycles. The Balaban J connectivity index is 1.89. The van der Waals surface area contributed by atoms with Gasteiger partial charge >= 0.3 is 5.97 Å². The number of likely N-dealkylation sites (N-methyl/N-ethyl adjacent to an activating group) is 1. The lowest BCUT2D eigenvalue weighted by Crippen LogP contribution is -2.53. The summed E-state index contributed by atoms with van der Waals surface area (Å²) in [5, 5.41) is 9.03. The molecule has 8 heteroatoms. The third-order valence-electron chi connectivity index (χ3n) is 5.27. The van der Waals surface area contributed by atoms with E-state index >= 15 is 0 Å². The maximum absolute atomic E-state index is 12.9. The molecule has 0 radical (unpaired) electrons. The van der Waals surface area contributed by atoms with Crippen LogP contribution in [-0.2, 0) is 14.4 Å². The average Bonchev–Trinajstić information content (AvgIpc) is 3.13. The van der Waals surface area contributed by atoms with E-state index in [1.54, 1.807) is 16.7 Å². The quantitative estimate of drug-likeness (QED) is 0.682. The number of carboxylic acid groups (broad SMARTS) is 1. The van der Waals surface area contributed by atoms with Crippen molar-refractivity contribution in [3.8, 4) is 0 Å². The standard InChI is InChI=1S/C18H31N3O4S/c1-3-5-6-16(22)21-13-26-12-15(21)18(25)20-9-7-14(8-10-20)19(4-2)11-17(23)24/h14-15H,3-13H2,1-2H3,(H,23,24). The molecule has 0 aromatic rings. The normalized spacial score (nSPS) is 21.4. The molecule has 148 valence electrons. The zero-order valence-corrected chi connectivity index (χ0v) is 16.7. The van der Waals surface area contributed by atoms with Crippen molar-refractivity contribution in [2.75, 3.05) is 37.8 Å². The molecule has 2 fully saturated rings. The molecule has 2 rings (SSSR count). The first-order valence-corrected chi connectivity index (χ1v) is 10.7. The molecule has 2 aliphatic heterocycles. The van der Waals surface area contributed by atoms with Gasteiger partial charge in [0, 0.05) is 31.3 Å². The molecule has 2 amide bonds. The Morgan fingerprint density at radius 1 is 1.19 bits per heavy atom. The summed E-state index contributed by atoms with van der Waals surface area (Å²) in [6, 6.07) is -0.123. The van der Waals surface area contributed by atoms with Crippen molar-refractivity contribution in [2.45, 2.75) is 58.0 Å². The van der Waals surface area contributed by atoms with E-state index < -0.39 is 5.97 Å². The van der Waals surface area contributed by atoms with E-state index in [1.165, 1.54) is 0 Å². The lowest BCUT2D eigenvalue weighted by atomic mass is 10.0. The van der Waals surface area contributed by atoms with Gasteiger partial charge in [0.25, 0.3) is 0 Å². The number of piperidine rings is 1. The fourth-order valence-electron chi connectivity index (χ4n) is 3.70. The largest absolute Gasteiger partial charge is 0.480 e. The van der Waals surface area contributed by atoms with Crippen molar-refractivity contribution >= 4 is 29.5 Å². The third-order valence-corrected chi connectivity index (χ3v) is 6.28. The van der Waals surface area contributed by atoms with Crippen molar-refractivity contribution in [1.29, 1.82) is 0 Å². The van der Waals surface area contributed by atoms with Crippen LogP contribution in [0.25, 0.3) is 0 Å². The predicted octanol–water partition coefficient (Wildman–Crippen LogP) is 1.48. The van der Waals surface area contributed by atoms with Gasteiger partial charge in [-0.25, -0.2) is 0 Å². The topological polar surface area (TPSA) is 81.2 Å². The lowest BCUT2D eigenvalue weighted by molar-refractivity contribution is -0.145. The number of thioether (sulfide) groups is 1. The molecule has 26 heavy (non-hydrogen) atoms. The second-order valence-electron chi connectivity index (χ2n) is 7.00. The number of hydrogen-bond donors (Lipinski definition) is 1. The molecule has 2 saturated heterocycles. The fraction of sp³-hybridized carbons (Fsp3) is 0.833. The Kier molecular flexibility index (Phi) is 8.21. The minimum absolute atomic E-state index is 0.0497. The Bertz CT molecular complexity index is 509. The number of carbonyl (C=O) groups is 3. The zero-order valence-electron chi connectivity index (χ0n) is 15.9. The summed E-state index contributed by atoms with van der Waals surface area (Å²) in [5.41, 5.74) is 0. The fourth-order valence-corrected chi connectivity index (χ4v) is 4.87. The van der Waals surface area contributed by atoms with Gasteiger partial charge in [-0.2, -0.15) is 0 Å². The van der Waals surface area contributed by atoms with Gasteiger partial charge in [0.1, 0.15) is 6.04 Å². The average molecular weight is 386 g/mol. The molecule has 1 atom stereocenters. The van der Waals surface area contributed by atoms with E-state index in [0.29, 0.717) is 37.7 Å². The summed E-state index contributed by atoms with van der Waals surface area (Å²) in [7, 11) is 0. The van der Waals surface area contributed by atoms with Crippen LogP contribution in [0.15, 0.2) is 0 Å². The highest BCUT2D eigenvalue weighted by Crippen LogP contribution is 2.25. The number of carboxylic acids is 1. The maximum Gasteiger partial charge on any atom is 0.317 e. The van der Waals surface area contributed by atoms with Crippen LogP contribution >= 0.6 is 11.8 Å². The second kappa shape index (κ2) is 10.2. The highest BCUT2D eigenvalue weighted by molar-refractivity contribution is 7.99. The Morgan fingerprint density at radius 2 is 1.88 bits per heavy atom. The summed E-state index contributed by atoms with van der Waals surface area (Å²) in [4.78, 5) is 41.9. The van der Waals surface area contributed by atoms with E-state index in [9.17, 15) is 14.4 Å². The van der Waals surface area contributed by atoms with Crippen LogP contribution < -0.4 is 0 Å². The molecule has 7 nitrogen and oxygen atoms in total. The van der Waals surface area contributed by atoms with Crippen molar-refractivity contribution in [1.82, 2.24) is 14.7 Å². The number of amides is 2. The molecule has 0 spiro atoms. The van der Waals surface area contributed by atoms with Crippen LogP contribution in [0.3, 0.4) is 0 Å². The number of likely N-dealkylation sites (tertiary alicyclic amines) is 1. The van der Waals surface area contributed by atoms with Gasteiger partial charge in [0.15, 0.2) is 0 Å². The molecule has 0 aromatic heterocycles. The third kappa shape index (κ3) is 5.36. The summed E-state index contributed by atoms with van der Waals surface area (Å²) >= 11 is 1.64. The first kappa shape index (κ1) is 21.0. The highest BCUT2D eigenvalue weighted by Gasteiger charge is 2.38. The van der Waals surface area contributed by atoms with Crippen LogP contribution in [0.1, 0.15) is 46.0 Å². The number of nitrogens with zero attached hydrogens (tertiary/aromatic N) is 3. The van der Waals surface area contributed by atoms with Crippen molar-refractivity contribution in [2.24, 2.45) is 0 Å². The molecular formula is C18H31N3O4S. The predicted molar refractivity (Wildman–Crippen MR) is 102 cm³/mol. The van der Waals surface area contributed by atoms with Crippen molar-refractivity contribution in [3.05, 3.63) is 0 Å². The van der Waals surface area contributed by atoms with Gasteiger partial charge in [-0.15, -0.1) is 11.8 Å². The SMILES string of the molecule is CCCCC(=O)N1CSCC1C(=O)N1CCC(N(CC)CC(=O)O)CC1. The Hall–Kier alpha value is -1.28. The Morgan fingerprint density at radius 3 is 2.46 bits per heavy atom. The van der Waals surface area contributed by atoms with E-state index in [4.69, 9.17) is 5.11 Å². The van der Waals surface area contributed by atoms with E-state index in [2.05, 4.69) is 6.92 Å². The monoisotopic (exact) mass is 385 g/mol. The minimum Gasteiger partial charge on any atom is -0.480 e. The molecule has 0 bridgehead atoms. The van der Waals surface area contributed by atoms with Gasteiger partial charge in [0.05, 0.1) is 12.4 Å². The molecule has 0 aliphatic carbocycles. The highest BCUT2D eigenvalue weighted by atomic mass is 32.2. The van der Waals surface area contributed by atoms with Gasteiger partial charge in [0.2, 0.25) is 11.8 Å². The maximum atomic E-state index is 12.9. The zero-order chi connectivity index (χ0) is 19.1. The number of unbranched alkanes of at least 4 members (excludes halogenated alkanes) is 1. The van der Waals surface area contributed by atoms with Crippen LogP contribution in [-0.4, -0.2) is 87.5 Å². The molecule has 0 saturated carbocycles. The van der Waals surface area contributed by atoms with Gasteiger partial charge in [-0.1, -0.05) is 20.3 Å². The van der Waals surface area contributed by atoms with Crippen LogP contribution in [0.4, 0.5) is 0 Å². The van der Waals surface area contributed by atoms with Crippen molar-refractivity contribution < 1.29 is 19.5 Å². The lowest BCUT2D eigenvalue weighted by Gasteiger charge is -2.39. The summed E-state index contributed by atoms with van der Waals surface area (Å²) in [5.74, 6) is 0.617. The van der Waals surface area contributed by atoms with Gasteiger partial charge < -0.3 is 14.9 Å². The molecule has 0 aromatic carbocycles. The van der Waals surface area contributed by atoms with Crippen LogP contribution in [0.2, 0.25) is 0 Å². The van der Waals surface area contributed by atoms with Gasteiger partial charge in [-0.3, -0.25) is 19.3 Å². The number of rotatable bonds is 8. The molecule has 1 unspecified atom stereocenters. The number of aliphatic carboxylic acids is 1. The summed E-state index contributed by atoms with van der Waals surface area (Å²) in [6.07, 6.45) is 3.93. The minimum atomic E-state index is -0.811. The smallest absolute Gasteiger partial charge is 0.317 e. The van der Waals surface area contributed by atoms with E-state index in [-0.39, 0.29) is 30.4 Å². The summed E-state index contributed by atoms with van der Waals surface area (Å²) in [6.45, 7) is 6.05. The first-order chi connectivity index (χ1) is 12.5. The second-order valence-corrected chi connectivity index (χ2v) is 8.00. The van der Waals surface area contributed by atoms with Crippen LogP contribution in [0, 0.1) is 0 Å². The molecule has 1 N–H and O–H groups in total. The Labute approximate surface area is 160 Å². The first-order valence-electron chi connectivity index (χ1n) is 9.59. The molecular weight excluding hydrogens is 354 g/mol.